The first-order valence-electron chi connectivity index (χ1n) is 5.93. The van der Waals surface area contributed by atoms with Crippen molar-refractivity contribution in [2.24, 2.45) is 28.6 Å². The van der Waals surface area contributed by atoms with Crippen molar-refractivity contribution in [1.29, 1.82) is 0 Å². The molecule has 0 N–H and O–H groups in total. The molecule has 2 atom stereocenters. The molecular formula is C12H16O2. The van der Waals surface area contributed by atoms with E-state index in [0.29, 0.717) is 12.0 Å². The minimum absolute atomic E-state index is 0.0273. The Morgan fingerprint density at radius 2 is 1.93 bits per heavy atom. The zero-order valence-corrected chi connectivity index (χ0v) is 8.58. The summed E-state index contributed by atoms with van der Waals surface area (Å²) in [5, 5.41) is 0. The molecule has 4 aliphatic carbocycles. The highest BCUT2D eigenvalue weighted by Crippen LogP contribution is 2.92. The average Bonchev–Trinajstić information content (AvgIpc) is 1.98. The van der Waals surface area contributed by atoms with Gasteiger partial charge in [-0.15, -0.1) is 0 Å². The van der Waals surface area contributed by atoms with Crippen molar-refractivity contribution >= 4 is 5.97 Å². The van der Waals surface area contributed by atoms with Gasteiger partial charge in [0, 0.05) is 0 Å². The van der Waals surface area contributed by atoms with E-state index in [1.54, 1.807) is 0 Å². The third-order valence-electron chi connectivity index (χ3n) is 5.85. The Balaban J connectivity index is 1.66. The highest BCUT2D eigenvalue weighted by molar-refractivity contribution is 5.83. The highest BCUT2D eigenvalue weighted by atomic mass is 16.5. The molecule has 0 saturated heterocycles. The molecule has 0 aromatic rings. The Morgan fingerprint density at radius 3 is 2.36 bits per heavy atom. The van der Waals surface area contributed by atoms with Crippen LogP contribution in [-0.2, 0) is 9.53 Å². The van der Waals surface area contributed by atoms with Crippen LogP contribution in [0.3, 0.4) is 0 Å². The number of esters is 1. The second-order valence-corrected chi connectivity index (χ2v) is 5.71. The van der Waals surface area contributed by atoms with Crippen molar-refractivity contribution in [3.05, 3.63) is 0 Å². The molecule has 2 unspecified atom stereocenters. The number of rotatable bonds is 2. The molecule has 14 heavy (non-hydrogen) atoms. The van der Waals surface area contributed by atoms with E-state index < -0.39 is 0 Å². The van der Waals surface area contributed by atoms with Crippen LogP contribution >= 0.6 is 0 Å². The SMILES string of the molecule is CCOC(=O)C12CC3CC4CC(C1)C432. The highest BCUT2D eigenvalue weighted by Gasteiger charge is 2.90. The Labute approximate surface area is 84.0 Å². The van der Waals surface area contributed by atoms with Crippen molar-refractivity contribution in [2.75, 3.05) is 6.61 Å². The van der Waals surface area contributed by atoms with E-state index in [0.717, 1.165) is 30.6 Å². The van der Waals surface area contributed by atoms with Crippen LogP contribution in [0, 0.1) is 28.6 Å². The predicted octanol–water partition coefficient (Wildman–Crippen LogP) is 1.99. The molecule has 4 aliphatic rings. The van der Waals surface area contributed by atoms with Crippen LogP contribution in [0.2, 0.25) is 0 Å². The van der Waals surface area contributed by atoms with E-state index in [-0.39, 0.29) is 11.4 Å². The standard InChI is InChI=1S/C12H16O2/c1-2-14-10(13)11-5-8-3-7-4-9(6-11)12(7,8)11/h7-9H,2-6H2,1H3. The van der Waals surface area contributed by atoms with Gasteiger partial charge in [0.05, 0.1) is 12.0 Å². The van der Waals surface area contributed by atoms with Gasteiger partial charge < -0.3 is 4.74 Å². The predicted molar refractivity (Wildman–Crippen MR) is 50.4 cm³/mol. The lowest BCUT2D eigenvalue weighted by Gasteiger charge is -2.89. The van der Waals surface area contributed by atoms with Gasteiger partial charge in [0.25, 0.3) is 0 Å². The van der Waals surface area contributed by atoms with Crippen molar-refractivity contribution in [2.45, 2.75) is 32.6 Å². The van der Waals surface area contributed by atoms with Crippen LogP contribution in [-0.4, -0.2) is 12.6 Å². The van der Waals surface area contributed by atoms with Gasteiger partial charge in [-0.25, -0.2) is 0 Å². The molecule has 4 saturated carbocycles. The molecule has 0 aliphatic heterocycles. The molecule has 1 spiro atoms. The third-order valence-corrected chi connectivity index (χ3v) is 5.85. The van der Waals surface area contributed by atoms with Gasteiger partial charge in [-0.05, 0) is 55.8 Å². The lowest BCUT2D eigenvalue weighted by molar-refractivity contribution is -0.418. The number of hydrogen-bond acceptors (Lipinski definition) is 2. The van der Waals surface area contributed by atoms with E-state index >= 15 is 0 Å². The summed E-state index contributed by atoms with van der Waals surface area (Å²) >= 11 is 0. The topological polar surface area (TPSA) is 26.3 Å². The fraction of sp³-hybridized carbons (Fsp3) is 0.917. The fourth-order valence-electron chi connectivity index (χ4n) is 5.55. The summed E-state index contributed by atoms with van der Waals surface area (Å²) in [6, 6.07) is 0. The Kier molecular flexibility index (Phi) is 1.04. The Morgan fingerprint density at radius 1 is 1.29 bits per heavy atom. The summed E-state index contributed by atoms with van der Waals surface area (Å²) in [6.07, 6.45) is 5.13. The Bertz CT molecular complexity index is 308. The van der Waals surface area contributed by atoms with Crippen LogP contribution in [0.1, 0.15) is 32.6 Å². The van der Waals surface area contributed by atoms with Gasteiger partial charge >= 0.3 is 5.97 Å². The molecule has 4 fully saturated rings. The monoisotopic (exact) mass is 192 g/mol. The molecule has 2 heteroatoms. The molecule has 0 radical (unpaired) electrons. The number of ether oxygens (including phenoxy) is 1. The lowest BCUT2D eigenvalue weighted by atomic mass is 9.13. The average molecular weight is 192 g/mol. The van der Waals surface area contributed by atoms with Crippen LogP contribution in [0.5, 0.6) is 0 Å². The van der Waals surface area contributed by atoms with Crippen molar-refractivity contribution in [1.82, 2.24) is 0 Å². The second kappa shape index (κ2) is 1.89. The van der Waals surface area contributed by atoms with E-state index in [1.807, 2.05) is 6.92 Å². The summed E-state index contributed by atoms with van der Waals surface area (Å²) in [5.41, 5.74) is 0.527. The summed E-state index contributed by atoms with van der Waals surface area (Å²) in [7, 11) is 0. The maximum absolute atomic E-state index is 11.9. The molecule has 4 rings (SSSR count). The van der Waals surface area contributed by atoms with Crippen molar-refractivity contribution in [3.8, 4) is 0 Å². The van der Waals surface area contributed by atoms with Crippen LogP contribution in [0.25, 0.3) is 0 Å². The van der Waals surface area contributed by atoms with E-state index in [2.05, 4.69) is 0 Å². The zero-order chi connectivity index (χ0) is 9.55. The smallest absolute Gasteiger partial charge is 0.312 e. The van der Waals surface area contributed by atoms with Gasteiger partial charge in [0.15, 0.2) is 0 Å². The van der Waals surface area contributed by atoms with Crippen LogP contribution in [0.4, 0.5) is 0 Å². The molecule has 0 bridgehead atoms. The molecule has 0 aromatic carbocycles. The van der Waals surface area contributed by atoms with Gasteiger partial charge in [0.1, 0.15) is 0 Å². The molecule has 0 aromatic heterocycles. The molecule has 0 heterocycles. The summed E-state index contributed by atoms with van der Waals surface area (Å²) < 4.78 is 5.25. The molecule has 0 amide bonds. The lowest BCUT2D eigenvalue weighted by Crippen LogP contribution is -2.87. The number of carbonyl (C=O) groups is 1. The number of hydrogen-bond donors (Lipinski definition) is 0. The van der Waals surface area contributed by atoms with E-state index in [9.17, 15) is 4.79 Å². The maximum Gasteiger partial charge on any atom is 0.312 e. The fourth-order valence-corrected chi connectivity index (χ4v) is 5.55. The number of carbonyl (C=O) groups excluding carboxylic acids is 1. The molecule has 2 nitrogen and oxygen atoms in total. The van der Waals surface area contributed by atoms with Gasteiger partial charge in [-0.1, -0.05) is 0 Å². The first kappa shape index (κ1) is 7.72. The first-order valence-corrected chi connectivity index (χ1v) is 5.93. The second-order valence-electron chi connectivity index (χ2n) is 5.71. The van der Waals surface area contributed by atoms with Gasteiger partial charge in [-0.2, -0.15) is 0 Å². The van der Waals surface area contributed by atoms with Crippen LogP contribution < -0.4 is 0 Å². The van der Waals surface area contributed by atoms with E-state index in [1.165, 1.54) is 12.8 Å². The van der Waals surface area contributed by atoms with Crippen molar-refractivity contribution in [3.63, 3.8) is 0 Å². The van der Waals surface area contributed by atoms with Gasteiger partial charge in [-0.3, -0.25) is 4.79 Å². The van der Waals surface area contributed by atoms with E-state index in [4.69, 9.17) is 4.74 Å². The first-order chi connectivity index (χ1) is 6.75. The summed E-state index contributed by atoms with van der Waals surface area (Å²) in [5.74, 6) is 2.86. The maximum atomic E-state index is 11.9. The summed E-state index contributed by atoms with van der Waals surface area (Å²) in [4.78, 5) is 11.9. The normalized spacial score (nSPS) is 60.5. The van der Waals surface area contributed by atoms with Crippen LogP contribution in [0.15, 0.2) is 0 Å². The summed E-state index contributed by atoms with van der Waals surface area (Å²) in [6.45, 7) is 2.47. The zero-order valence-electron chi connectivity index (χ0n) is 8.58. The van der Waals surface area contributed by atoms with Crippen molar-refractivity contribution < 1.29 is 9.53 Å². The quantitative estimate of drug-likeness (QED) is 0.625. The Hall–Kier alpha value is -0.530. The molecule has 76 valence electrons. The third kappa shape index (κ3) is 0.440. The minimum Gasteiger partial charge on any atom is -0.466 e. The molecular weight excluding hydrogens is 176 g/mol. The van der Waals surface area contributed by atoms with Gasteiger partial charge in [0.2, 0.25) is 0 Å². The minimum atomic E-state index is 0.0273. The largest absolute Gasteiger partial charge is 0.466 e.